The molecule has 1 aromatic heterocycles. The molecule has 0 aliphatic rings. The van der Waals surface area contributed by atoms with E-state index in [4.69, 9.17) is 16.3 Å². The van der Waals surface area contributed by atoms with Crippen molar-refractivity contribution in [1.29, 1.82) is 0 Å². The van der Waals surface area contributed by atoms with E-state index in [2.05, 4.69) is 26.3 Å². The third-order valence-corrected chi connectivity index (χ3v) is 3.79. The molecule has 0 radical (unpaired) electrons. The van der Waals surface area contributed by atoms with Gasteiger partial charge < -0.3 is 10.1 Å². The molecule has 1 amide bonds. The van der Waals surface area contributed by atoms with E-state index < -0.39 is 0 Å². The van der Waals surface area contributed by atoms with Crippen LogP contribution in [0, 0.1) is 0 Å². The third-order valence-electron chi connectivity index (χ3n) is 3.14. The van der Waals surface area contributed by atoms with Gasteiger partial charge in [0.2, 0.25) is 0 Å². The Morgan fingerprint density at radius 1 is 1.25 bits per heavy atom. The van der Waals surface area contributed by atoms with Gasteiger partial charge in [-0.25, -0.2) is 4.68 Å². The fraction of sp³-hybridized carbons (Fsp3) is 0.0588. The summed E-state index contributed by atoms with van der Waals surface area (Å²) in [4.78, 5) is 12.2. The predicted molar refractivity (Wildman–Crippen MR) is 96.8 cm³/mol. The fourth-order valence-corrected chi connectivity index (χ4v) is 2.57. The number of hydrogen-bond acceptors (Lipinski definition) is 3. The Balaban J connectivity index is 1.68. The molecule has 1 heterocycles. The quantitative estimate of drug-likeness (QED) is 0.687. The minimum absolute atomic E-state index is 0.114. The SMILES string of the molecule is O=C(COc1cccc(Cl)c1)Nc1ccccc1-n1cc(Br)cn1. The van der Waals surface area contributed by atoms with Crippen LogP contribution in [0.25, 0.3) is 5.69 Å². The van der Waals surface area contributed by atoms with Crippen LogP contribution in [0.2, 0.25) is 5.02 Å². The van der Waals surface area contributed by atoms with Gasteiger partial charge in [0.05, 0.1) is 22.0 Å². The highest BCUT2D eigenvalue weighted by atomic mass is 79.9. The Morgan fingerprint density at radius 3 is 2.83 bits per heavy atom. The van der Waals surface area contributed by atoms with E-state index in [1.807, 2.05) is 30.5 Å². The summed E-state index contributed by atoms with van der Waals surface area (Å²) in [7, 11) is 0. The van der Waals surface area contributed by atoms with Crippen LogP contribution in [0.15, 0.2) is 65.4 Å². The first-order chi connectivity index (χ1) is 11.6. The van der Waals surface area contributed by atoms with Crippen molar-refractivity contribution in [2.75, 3.05) is 11.9 Å². The van der Waals surface area contributed by atoms with Crippen LogP contribution in [0.4, 0.5) is 5.69 Å². The van der Waals surface area contributed by atoms with E-state index in [9.17, 15) is 4.79 Å². The Labute approximate surface area is 152 Å². The lowest BCUT2D eigenvalue weighted by molar-refractivity contribution is -0.118. The molecule has 122 valence electrons. The van der Waals surface area contributed by atoms with Gasteiger partial charge in [-0.05, 0) is 46.3 Å². The largest absolute Gasteiger partial charge is 0.484 e. The molecular weight excluding hydrogens is 394 g/mol. The number of rotatable bonds is 5. The first kappa shape index (κ1) is 16.5. The molecule has 1 N–H and O–H groups in total. The second kappa shape index (κ2) is 7.51. The Bertz CT molecular complexity index is 866. The standard InChI is InChI=1S/C17H13BrClN3O2/c18-12-9-20-22(10-12)16-7-2-1-6-15(16)21-17(23)11-24-14-5-3-4-13(19)8-14/h1-10H,11H2,(H,21,23). The monoisotopic (exact) mass is 405 g/mol. The molecule has 0 unspecified atom stereocenters. The van der Waals surface area contributed by atoms with Crippen LogP contribution >= 0.6 is 27.5 Å². The molecule has 0 fully saturated rings. The van der Waals surface area contributed by atoms with Gasteiger partial charge in [0.1, 0.15) is 5.75 Å². The van der Waals surface area contributed by atoms with E-state index in [1.54, 1.807) is 35.1 Å². The van der Waals surface area contributed by atoms with Crippen molar-refractivity contribution in [3.8, 4) is 11.4 Å². The number of carbonyl (C=O) groups is 1. The summed E-state index contributed by atoms with van der Waals surface area (Å²) in [5.74, 6) is 0.274. The second-order valence-electron chi connectivity index (χ2n) is 4.91. The van der Waals surface area contributed by atoms with Crippen LogP contribution < -0.4 is 10.1 Å². The summed E-state index contributed by atoms with van der Waals surface area (Å²) in [6, 6.07) is 14.3. The van der Waals surface area contributed by atoms with E-state index in [1.165, 1.54) is 0 Å². The Morgan fingerprint density at radius 2 is 2.08 bits per heavy atom. The lowest BCUT2D eigenvalue weighted by atomic mass is 10.2. The fourth-order valence-electron chi connectivity index (χ4n) is 2.10. The zero-order chi connectivity index (χ0) is 16.9. The number of para-hydroxylation sites is 2. The summed E-state index contributed by atoms with van der Waals surface area (Å²) in [5, 5.41) is 7.62. The van der Waals surface area contributed by atoms with Crippen molar-refractivity contribution in [3.05, 3.63) is 70.4 Å². The lowest BCUT2D eigenvalue weighted by Crippen LogP contribution is -2.21. The van der Waals surface area contributed by atoms with Crippen LogP contribution in [0.5, 0.6) is 5.75 Å². The Kier molecular flexibility index (Phi) is 5.17. The Hall–Kier alpha value is -2.31. The van der Waals surface area contributed by atoms with Crippen molar-refractivity contribution >= 4 is 39.1 Å². The number of hydrogen-bond donors (Lipinski definition) is 1. The number of nitrogens with zero attached hydrogens (tertiary/aromatic N) is 2. The number of anilines is 1. The highest BCUT2D eigenvalue weighted by Crippen LogP contribution is 2.21. The number of aromatic nitrogens is 2. The van der Waals surface area contributed by atoms with Crippen LogP contribution in [-0.4, -0.2) is 22.3 Å². The molecule has 0 atom stereocenters. The second-order valence-corrected chi connectivity index (χ2v) is 6.27. The molecule has 0 saturated heterocycles. The first-order valence-electron chi connectivity index (χ1n) is 7.09. The average Bonchev–Trinajstić information content (AvgIpc) is 3.00. The molecule has 3 rings (SSSR count). The van der Waals surface area contributed by atoms with Crippen molar-refractivity contribution in [1.82, 2.24) is 9.78 Å². The average molecular weight is 407 g/mol. The molecule has 0 spiro atoms. The summed E-state index contributed by atoms with van der Waals surface area (Å²) >= 11 is 9.25. The molecule has 7 heteroatoms. The molecule has 0 aliphatic carbocycles. The number of amides is 1. The van der Waals surface area contributed by atoms with Crippen molar-refractivity contribution in [2.45, 2.75) is 0 Å². The predicted octanol–water partition coefficient (Wildman–Crippen LogP) is 4.31. The molecule has 5 nitrogen and oxygen atoms in total. The van der Waals surface area contributed by atoms with E-state index >= 15 is 0 Å². The van der Waals surface area contributed by atoms with Gasteiger partial charge in [-0.1, -0.05) is 29.8 Å². The molecular formula is C17H13BrClN3O2. The van der Waals surface area contributed by atoms with Crippen LogP contribution in [0.1, 0.15) is 0 Å². The molecule has 0 saturated carbocycles. The third kappa shape index (κ3) is 4.15. The first-order valence-corrected chi connectivity index (χ1v) is 8.27. The van der Waals surface area contributed by atoms with Crippen LogP contribution in [-0.2, 0) is 4.79 Å². The molecule has 0 bridgehead atoms. The maximum Gasteiger partial charge on any atom is 0.262 e. The van der Waals surface area contributed by atoms with Gasteiger partial charge in [-0.2, -0.15) is 5.10 Å². The van der Waals surface area contributed by atoms with Gasteiger partial charge in [0, 0.05) is 11.2 Å². The van der Waals surface area contributed by atoms with Gasteiger partial charge >= 0.3 is 0 Å². The van der Waals surface area contributed by atoms with Crippen molar-refractivity contribution in [2.24, 2.45) is 0 Å². The number of ether oxygens (including phenoxy) is 1. The number of halogens is 2. The van der Waals surface area contributed by atoms with Gasteiger partial charge in [-0.15, -0.1) is 0 Å². The molecule has 0 aliphatic heterocycles. The highest BCUT2D eigenvalue weighted by Gasteiger charge is 2.10. The van der Waals surface area contributed by atoms with Crippen molar-refractivity contribution in [3.63, 3.8) is 0 Å². The van der Waals surface area contributed by atoms with E-state index in [-0.39, 0.29) is 12.5 Å². The minimum Gasteiger partial charge on any atom is -0.484 e. The summed E-state index contributed by atoms with van der Waals surface area (Å²) < 4.78 is 7.98. The van der Waals surface area contributed by atoms with Gasteiger partial charge in [0.25, 0.3) is 5.91 Å². The number of carbonyl (C=O) groups excluding carboxylic acids is 1. The summed E-state index contributed by atoms with van der Waals surface area (Å²) in [5.41, 5.74) is 1.41. The normalized spacial score (nSPS) is 10.4. The summed E-state index contributed by atoms with van der Waals surface area (Å²) in [6.07, 6.45) is 3.49. The van der Waals surface area contributed by atoms with E-state index in [0.29, 0.717) is 16.5 Å². The van der Waals surface area contributed by atoms with Crippen molar-refractivity contribution < 1.29 is 9.53 Å². The maximum absolute atomic E-state index is 12.2. The zero-order valence-corrected chi connectivity index (χ0v) is 14.8. The number of benzene rings is 2. The minimum atomic E-state index is -0.270. The molecule has 24 heavy (non-hydrogen) atoms. The topological polar surface area (TPSA) is 56.1 Å². The smallest absolute Gasteiger partial charge is 0.262 e. The number of nitrogens with one attached hydrogen (secondary N) is 1. The van der Waals surface area contributed by atoms with Gasteiger partial charge in [-0.3, -0.25) is 4.79 Å². The molecule has 2 aromatic carbocycles. The van der Waals surface area contributed by atoms with E-state index in [0.717, 1.165) is 10.2 Å². The zero-order valence-electron chi connectivity index (χ0n) is 12.4. The van der Waals surface area contributed by atoms with Gasteiger partial charge in [0.15, 0.2) is 6.61 Å². The lowest BCUT2D eigenvalue weighted by Gasteiger charge is -2.11. The molecule has 3 aromatic rings. The highest BCUT2D eigenvalue weighted by molar-refractivity contribution is 9.10. The summed E-state index contributed by atoms with van der Waals surface area (Å²) in [6.45, 7) is -0.114. The van der Waals surface area contributed by atoms with Crippen LogP contribution in [0.3, 0.4) is 0 Å². The maximum atomic E-state index is 12.2.